The maximum absolute atomic E-state index is 12.1. The third-order valence-electron chi connectivity index (χ3n) is 3.14. The lowest BCUT2D eigenvalue weighted by atomic mass is 10.1. The van der Waals surface area contributed by atoms with Crippen molar-refractivity contribution in [3.8, 4) is 0 Å². The first-order valence-corrected chi connectivity index (χ1v) is 7.29. The van der Waals surface area contributed by atoms with Crippen LogP contribution in [0.25, 0.3) is 0 Å². The quantitative estimate of drug-likeness (QED) is 0.586. The van der Waals surface area contributed by atoms with Crippen molar-refractivity contribution in [2.45, 2.75) is 52.0 Å². The predicted octanol–water partition coefficient (Wildman–Crippen LogP) is 4.01. The average Bonchev–Trinajstić information content (AvgIpc) is 2.38. The summed E-state index contributed by atoms with van der Waals surface area (Å²) in [6.07, 6.45) is 5.82. The molecule has 3 N–H and O–H groups in total. The van der Waals surface area contributed by atoms with E-state index >= 15 is 0 Å². The summed E-state index contributed by atoms with van der Waals surface area (Å²) in [6.45, 7) is 4.21. The Balaban J connectivity index is 2.48. The van der Waals surface area contributed by atoms with Crippen LogP contribution in [0.15, 0.2) is 18.2 Å². The van der Waals surface area contributed by atoms with Gasteiger partial charge < -0.3 is 11.1 Å². The maximum Gasteiger partial charge on any atom is 0.253 e. The molecule has 1 atom stereocenters. The minimum absolute atomic E-state index is 0.153. The molecule has 0 heterocycles. The lowest BCUT2D eigenvalue weighted by molar-refractivity contribution is 0.0938. The molecule has 0 saturated heterocycles. The van der Waals surface area contributed by atoms with Crippen LogP contribution in [0.5, 0.6) is 0 Å². The summed E-state index contributed by atoms with van der Waals surface area (Å²) in [5.41, 5.74) is 6.57. The van der Waals surface area contributed by atoms with E-state index in [2.05, 4.69) is 12.2 Å². The molecule has 0 bridgehead atoms. The van der Waals surface area contributed by atoms with E-state index in [4.69, 9.17) is 17.3 Å². The van der Waals surface area contributed by atoms with Crippen molar-refractivity contribution < 1.29 is 4.79 Å². The van der Waals surface area contributed by atoms with Crippen LogP contribution in [-0.4, -0.2) is 11.9 Å². The van der Waals surface area contributed by atoms with E-state index in [0.717, 1.165) is 12.8 Å². The number of nitrogens with one attached hydrogen (secondary N) is 1. The molecular weight excluding hydrogens is 260 g/mol. The molecule has 106 valence electrons. The summed E-state index contributed by atoms with van der Waals surface area (Å²) in [4.78, 5) is 12.1. The van der Waals surface area contributed by atoms with E-state index in [1.54, 1.807) is 18.2 Å². The number of unbranched alkanes of at least 4 members (excludes halogenated alkanes) is 3. The monoisotopic (exact) mass is 282 g/mol. The topological polar surface area (TPSA) is 55.1 Å². The van der Waals surface area contributed by atoms with Crippen LogP contribution >= 0.6 is 11.6 Å². The molecule has 0 aliphatic heterocycles. The molecule has 0 aromatic heterocycles. The lowest BCUT2D eigenvalue weighted by Crippen LogP contribution is -2.32. The molecule has 4 heteroatoms. The molecule has 0 saturated carbocycles. The highest BCUT2D eigenvalue weighted by Gasteiger charge is 2.14. The standard InChI is InChI=1S/C15H23ClN2O/c1-3-4-5-6-8-11(2)18-15(19)12-9-7-10-13(17)14(12)16/h7,9-11H,3-6,8,17H2,1-2H3,(H,18,19). The zero-order valence-electron chi connectivity index (χ0n) is 11.7. The highest BCUT2D eigenvalue weighted by molar-refractivity contribution is 6.36. The number of benzene rings is 1. The Bertz CT molecular complexity index is 421. The van der Waals surface area contributed by atoms with Crippen molar-refractivity contribution in [1.82, 2.24) is 5.32 Å². The normalized spacial score (nSPS) is 12.2. The van der Waals surface area contributed by atoms with Crippen molar-refractivity contribution in [3.05, 3.63) is 28.8 Å². The zero-order chi connectivity index (χ0) is 14.3. The van der Waals surface area contributed by atoms with E-state index in [-0.39, 0.29) is 11.9 Å². The highest BCUT2D eigenvalue weighted by atomic mass is 35.5. The van der Waals surface area contributed by atoms with Gasteiger partial charge in [-0.1, -0.05) is 50.3 Å². The summed E-state index contributed by atoms with van der Waals surface area (Å²) in [5, 5.41) is 3.29. The summed E-state index contributed by atoms with van der Waals surface area (Å²) in [5.74, 6) is -0.153. The van der Waals surface area contributed by atoms with E-state index in [1.165, 1.54) is 19.3 Å². The molecule has 1 amide bonds. The van der Waals surface area contributed by atoms with Gasteiger partial charge >= 0.3 is 0 Å². The fourth-order valence-electron chi connectivity index (χ4n) is 1.98. The van der Waals surface area contributed by atoms with E-state index < -0.39 is 0 Å². The van der Waals surface area contributed by atoms with Gasteiger partial charge in [-0.15, -0.1) is 0 Å². The number of nitrogens with two attached hydrogens (primary N) is 1. The fourth-order valence-corrected chi connectivity index (χ4v) is 2.19. The summed E-state index contributed by atoms with van der Waals surface area (Å²) >= 11 is 6.03. The molecule has 0 aliphatic rings. The van der Waals surface area contributed by atoms with Crippen LogP contribution in [0.2, 0.25) is 5.02 Å². The van der Waals surface area contributed by atoms with Gasteiger partial charge in [-0.3, -0.25) is 4.79 Å². The smallest absolute Gasteiger partial charge is 0.253 e. The number of hydrogen-bond acceptors (Lipinski definition) is 2. The third kappa shape index (κ3) is 5.11. The first-order chi connectivity index (χ1) is 9.06. The molecule has 1 aromatic carbocycles. The largest absolute Gasteiger partial charge is 0.398 e. The number of carbonyl (C=O) groups is 1. The zero-order valence-corrected chi connectivity index (χ0v) is 12.5. The summed E-state index contributed by atoms with van der Waals surface area (Å²) in [7, 11) is 0. The molecule has 1 aromatic rings. The molecular formula is C15H23ClN2O. The maximum atomic E-state index is 12.1. The Morgan fingerprint density at radius 3 is 2.79 bits per heavy atom. The van der Waals surface area contributed by atoms with Gasteiger partial charge in [0.25, 0.3) is 5.91 Å². The highest BCUT2D eigenvalue weighted by Crippen LogP contribution is 2.23. The Kier molecular flexibility index (Phi) is 6.71. The molecule has 0 aliphatic carbocycles. The van der Waals surface area contributed by atoms with Gasteiger partial charge in [-0.05, 0) is 25.5 Å². The van der Waals surface area contributed by atoms with Crippen molar-refractivity contribution in [2.24, 2.45) is 0 Å². The molecule has 3 nitrogen and oxygen atoms in total. The van der Waals surface area contributed by atoms with Crippen molar-refractivity contribution >= 4 is 23.2 Å². The molecule has 0 spiro atoms. The predicted molar refractivity (Wildman–Crippen MR) is 81.6 cm³/mol. The van der Waals surface area contributed by atoms with Crippen LogP contribution in [0, 0.1) is 0 Å². The fraction of sp³-hybridized carbons (Fsp3) is 0.533. The summed E-state index contributed by atoms with van der Waals surface area (Å²) in [6, 6.07) is 5.27. The lowest BCUT2D eigenvalue weighted by Gasteiger charge is -2.14. The van der Waals surface area contributed by atoms with Gasteiger partial charge in [0.15, 0.2) is 0 Å². The van der Waals surface area contributed by atoms with Crippen LogP contribution in [0.1, 0.15) is 56.3 Å². The number of nitrogen functional groups attached to an aromatic ring is 1. The number of rotatable bonds is 7. The van der Waals surface area contributed by atoms with Crippen molar-refractivity contribution in [1.29, 1.82) is 0 Å². The van der Waals surface area contributed by atoms with Crippen molar-refractivity contribution in [3.63, 3.8) is 0 Å². The van der Waals surface area contributed by atoms with E-state index in [1.807, 2.05) is 6.92 Å². The van der Waals surface area contributed by atoms with Crippen molar-refractivity contribution in [2.75, 3.05) is 5.73 Å². The first-order valence-electron chi connectivity index (χ1n) is 6.91. The second-order valence-electron chi connectivity index (χ2n) is 4.93. The van der Waals surface area contributed by atoms with Gasteiger partial charge in [0.1, 0.15) is 0 Å². The number of hydrogen-bond donors (Lipinski definition) is 2. The van der Waals surface area contributed by atoms with E-state index in [9.17, 15) is 4.79 Å². The minimum atomic E-state index is -0.153. The number of anilines is 1. The minimum Gasteiger partial charge on any atom is -0.398 e. The van der Waals surface area contributed by atoms with E-state index in [0.29, 0.717) is 16.3 Å². The van der Waals surface area contributed by atoms with Crippen LogP contribution < -0.4 is 11.1 Å². The average molecular weight is 283 g/mol. The molecule has 0 radical (unpaired) electrons. The van der Waals surface area contributed by atoms with Crippen LogP contribution in [0.3, 0.4) is 0 Å². The second-order valence-corrected chi connectivity index (χ2v) is 5.31. The third-order valence-corrected chi connectivity index (χ3v) is 3.56. The first kappa shape index (κ1) is 15.8. The van der Waals surface area contributed by atoms with Gasteiger partial charge in [0.05, 0.1) is 16.3 Å². The number of carbonyl (C=O) groups excluding carboxylic acids is 1. The van der Waals surface area contributed by atoms with Crippen LogP contribution in [-0.2, 0) is 0 Å². The SMILES string of the molecule is CCCCCCC(C)NC(=O)c1cccc(N)c1Cl. The van der Waals surface area contributed by atoms with Crippen LogP contribution in [0.4, 0.5) is 5.69 Å². The molecule has 1 unspecified atom stereocenters. The molecule has 1 rings (SSSR count). The number of halogens is 1. The van der Waals surface area contributed by atoms with Gasteiger partial charge in [-0.25, -0.2) is 0 Å². The number of amides is 1. The van der Waals surface area contributed by atoms with Gasteiger partial charge in [0.2, 0.25) is 0 Å². The Hall–Kier alpha value is -1.22. The second kappa shape index (κ2) is 8.05. The summed E-state index contributed by atoms with van der Waals surface area (Å²) < 4.78 is 0. The van der Waals surface area contributed by atoms with Gasteiger partial charge in [0, 0.05) is 6.04 Å². The molecule has 19 heavy (non-hydrogen) atoms. The molecule has 0 fully saturated rings. The Labute approximate surface area is 120 Å². The Morgan fingerprint density at radius 1 is 1.37 bits per heavy atom. The van der Waals surface area contributed by atoms with Gasteiger partial charge in [-0.2, -0.15) is 0 Å². The Morgan fingerprint density at radius 2 is 2.11 bits per heavy atom.